The highest BCUT2D eigenvalue weighted by Crippen LogP contribution is 2.25. The van der Waals surface area contributed by atoms with Gasteiger partial charge in [-0.1, -0.05) is 18.2 Å². The SMILES string of the molecule is CCNC(=NCc1ccc(C#N)cc1)NCC(c1cccs1)N1CCOCC1. The van der Waals surface area contributed by atoms with E-state index >= 15 is 0 Å². The van der Waals surface area contributed by atoms with E-state index in [1.54, 1.807) is 11.3 Å². The first-order valence-corrected chi connectivity index (χ1v) is 10.5. The van der Waals surface area contributed by atoms with Crippen LogP contribution in [-0.2, 0) is 11.3 Å². The number of guanidine groups is 1. The Kier molecular flexibility index (Phi) is 7.85. The fourth-order valence-corrected chi connectivity index (χ4v) is 4.03. The topological polar surface area (TPSA) is 72.7 Å². The van der Waals surface area contributed by atoms with E-state index in [1.165, 1.54) is 4.88 Å². The molecule has 3 rings (SSSR count). The lowest BCUT2D eigenvalue weighted by molar-refractivity contribution is 0.0177. The average Bonchev–Trinajstić information content (AvgIpc) is 3.28. The number of hydrogen-bond donors (Lipinski definition) is 2. The number of nitrogens with zero attached hydrogens (tertiary/aromatic N) is 3. The van der Waals surface area contributed by atoms with Gasteiger partial charge in [-0.05, 0) is 36.1 Å². The van der Waals surface area contributed by atoms with Gasteiger partial charge >= 0.3 is 0 Å². The number of morpholine rings is 1. The lowest BCUT2D eigenvalue weighted by Crippen LogP contribution is -2.46. The highest BCUT2D eigenvalue weighted by molar-refractivity contribution is 7.10. The highest BCUT2D eigenvalue weighted by Gasteiger charge is 2.23. The van der Waals surface area contributed by atoms with Gasteiger partial charge in [0.15, 0.2) is 5.96 Å². The van der Waals surface area contributed by atoms with Crippen LogP contribution in [0.25, 0.3) is 0 Å². The van der Waals surface area contributed by atoms with Gasteiger partial charge in [-0.2, -0.15) is 5.26 Å². The molecule has 1 aliphatic heterocycles. The third kappa shape index (κ3) is 5.80. The average molecular weight is 398 g/mol. The van der Waals surface area contributed by atoms with E-state index in [0.29, 0.717) is 18.2 Å². The van der Waals surface area contributed by atoms with Crippen molar-refractivity contribution >= 4 is 17.3 Å². The third-order valence-electron chi connectivity index (χ3n) is 4.67. The van der Waals surface area contributed by atoms with Crippen LogP contribution in [0, 0.1) is 11.3 Å². The molecule has 1 aliphatic rings. The highest BCUT2D eigenvalue weighted by atomic mass is 32.1. The molecule has 7 heteroatoms. The van der Waals surface area contributed by atoms with Crippen molar-refractivity contribution in [3.8, 4) is 6.07 Å². The van der Waals surface area contributed by atoms with Crippen LogP contribution in [-0.4, -0.2) is 50.3 Å². The number of nitrogens with one attached hydrogen (secondary N) is 2. The molecule has 1 fully saturated rings. The predicted octanol–water partition coefficient (Wildman–Crippen LogP) is 2.75. The van der Waals surface area contributed by atoms with Crippen LogP contribution in [0.5, 0.6) is 0 Å². The minimum atomic E-state index is 0.308. The molecule has 0 radical (unpaired) electrons. The summed E-state index contributed by atoms with van der Waals surface area (Å²) in [5.41, 5.74) is 1.75. The standard InChI is InChI=1S/C21H27N5OS/c1-2-23-21(24-15-18-7-5-17(14-22)6-8-18)25-16-19(20-4-3-13-28-20)26-9-11-27-12-10-26/h3-8,13,19H,2,9-12,15-16H2,1H3,(H2,23,24,25). The van der Waals surface area contributed by atoms with E-state index in [-0.39, 0.29) is 0 Å². The zero-order chi connectivity index (χ0) is 19.6. The number of rotatable bonds is 7. The van der Waals surface area contributed by atoms with Gasteiger partial charge in [0.05, 0.1) is 37.4 Å². The van der Waals surface area contributed by atoms with E-state index in [1.807, 2.05) is 24.3 Å². The Labute approximate surface area is 170 Å². The summed E-state index contributed by atoms with van der Waals surface area (Å²) < 4.78 is 5.52. The molecule has 0 aliphatic carbocycles. The second-order valence-corrected chi connectivity index (χ2v) is 7.54. The molecule has 2 N–H and O–H groups in total. The van der Waals surface area contributed by atoms with E-state index in [9.17, 15) is 0 Å². The number of ether oxygens (including phenoxy) is 1. The van der Waals surface area contributed by atoms with Crippen molar-refractivity contribution in [1.82, 2.24) is 15.5 Å². The maximum Gasteiger partial charge on any atom is 0.191 e. The number of thiophene rings is 1. The Morgan fingerprint density at radius 1 is 1.25 bits per heavy atom. The largest absolute Gasteiger partial charge is 0.379 e. The maximum atomic E-state index is 8.92. The van der Waals surface area contributed by atoms with Crippen LogP contribution in [0.1, 0.15) is 29.0 Å². The van der Waals surface area contributed by atoms with E-state index in [4.69, 9.17) is 15.0 Å². The van der Waals surface area contributed by atoms with Gasteiger partial charge in [0.2, 0.25) is 0 Å². The fourth-order valence-electron chi connectivity index (χ4n) is 3.17. The van der Waals surface area contributed by atoms with Gasteiger partial charge < -0.3 is 15.4 Å². The molecule has 1 aromatic heterocycles. The molecule has 28 heavy (non-hydrogen) atoms. The summed E-state index contributed by atoms with van der Waals surface area (Å²) in [5, 5.41) is 17.9. The van der Waals surface area contributed by atoms with Crippen molar-refractivity contribution in [2.75, 3.05) is 39.4 Å². The molecule has 1 saturated heterocycles. The molecule has 1 unspecified atom stereocenters. The monoisotopic (exact) mass is 397 g/mol. The van der Waals surface area contributed by atoms with E-state index in [2.05, 4.69) is 46.0 Å². The Balaban J connectivity index is 1.64. The Morgan fingerprint density at radius 2 is 2.04 bits per heavy atom. The maximum absolute atomic E-state index is 8.92. The molecular weight excluding hydrogens is 370 g/mol. The molecule has 2 heterocycles. The van der Waals surface area contributed by atoms with Gasteiger partial charge in [0, 0.05) is 31.1 Å². The minimum Gasteiger partial charge on any atom is -0.379 e. The van der Waals surface area contributed by atoms with Crippen molar-refractivity contribution in [3.05, 3.63) is 57.8 Å². The number of benzene rings is 1. The number of nitriles is 1. The second-order valence-electron chi connectivity index (χ2n) is 6.56. The van der Waals surface area contributed by atoms with Crippen LogP contribution in [0.3, 0.4) is 0 Å². The van der Waals surface area contributed by atoms with Crippen LogP contribution in [0.2, 0.25) is 0 Å². The number of hydrogen-bond acceptors (Lipinski definition) is 5. The molecule has 0 amide bonds. The van der Waals surface area contributed by atoms with Crippen molar-refractivity contribution in [2.45, 2.75) is 19.5 Å². The zero-order valence-corrected chi connectivity index (χ0v) is 17.0. The van der Waals surface area contributed by atoms with Crippen LogP contribution < -0.4 is 10.6 Å². The summed E-state index contributed by atoms with van der Waals surface area (Å²) in [6.07, 6.45) is 0. The molecule has 1 atom stereocenters. The molecule has 1 aromatic carbocycles. The van der Waals surface area contributed by atoms with E-state index in [0.717, 1.165) is 50.9 Å². The van der Waals surface area contributed by atoms with Crippen LogP contribution >= 0.6 is 11.3 Å². The Bertz CT molecular complexity index is 776. The second kappa shape index (κ2) is 10.8. The van der Waals surface area contributed by atoms with Gasteiger partial charge in [-0.3, -0.25) is 4.90 Å². The molecule has 6 nitrogen and oxygen atoms in total. The van der Waals surface area contributed by atoms with Crippen LogP contribution in [0.4, 0.5) is 0 Å². The quantitative estimate of drug-likeness (QED) is 0.555. The van der Waals surface area contributed by atoms with Gasteiger partial charge in [-0.15, -0.1) is 11.3 Å². The normalized spacial score (nSPS) is 16.4. The lowest BCUT2D eigenvalue weighted by atomic mass is 10.1. The molecule has 0 saturated carbocycles. The third-order valence-corrected chi connectivity index (χ3v) is 5.64. The Hall–Kier alpha value is -2.40. The van der Waals surface area contributed by atoms with Crippen molar-refractivity contribution < 1.29 is 4.74 Å². The van der Waals surface area contributed by atoms with Gasteiger partial charge in [0.25, 0.3) is 0 Å². The summed E-state index contributed by atoms with van der Waals surface area (Å²) in [6, 6.07) is 14.3. The van der Waals surface area contributed by atoms with Gasteiger partial charge in [-0.25, -0.2) is 4.99 Å². The zero-order valence-electron chi connectivity index (χ0n) is 16.2. The summed E-state index contributed by atoms with van der Waals surface area (Å²) >= 11 is 1.79. The van der Waals surface area contributed by atoms with Crippen LogP contribution in [0.15, 0.2) is 46.8 Å². The smallest absolute Gasteiger partial charge is 0.191 e. The first kappa shape index (κ1) is 20.3. The minimum absolute atomic E-state index is 0.308. The van der Waals surface area contributed by atoms with Crippen molar-refractivity contribution in [3.63, 3.8) is 0 Å². The summed E-state index contributed by atoms with van der Waals surface area (Å²) in [5.74, 6) is 0.807. The fraction of sp³-hybridized carbons (Fsp3) is 0.429. The Morgan fingerprint density at radius 3 is 2.68 bits per heavy atom. The number of aliphatic imine (C=N–C) groups is 1. The summed E-state index contributed by atoms with van der Waals surface area (Å²) in [7, 11) is 0. The molecule has 2 aromatic rings. The molecule has 0 bridgehead atoms. The van der Waals surface area contributed by atoms with Gasteiger partial charge in [0.1, 0.15) is 0 Å². The summed E-state index contributed by atoms with van der Waals surface area (Å²) in [4.78, 5) is 8.55. The first-order chi connectivity index (χ1) is 13.8. The first-order valence-electron chi connectivity index (χ1n) is 9.66. The lowest BCUT2D eigenvalue weighted by Gasteiger charge is -2.34. The molecular formula is C21H27N5OS. The van der Waals surface area contributed by atoms with E-state index < -0.39 is 0 Å². The van der Waals surface area contributed by atoms with Crippen molar-refractivity contribution in [1.29, 1.82) is 5.26 Å². The predicted molar refractivity (Wildman–Crippen MR) is 113 cm³/mol. The van der Waals surface area contributed by atoms with Crippen molar-refractivity contribution in [2.24, 2.45) is 4.99 Å². The molecule has 0 spiro atoms. The molecule has 148 valence electrons. The summed E-state index contributed by atoms with van der Waals surface area (Å²) in [6.45, 7) is 7.70.